The summed E-state index contributed by atoms with van der Waals surface area (Å²) in [6.45, 7) is 4.16. The molecular formula is C18H18OS. The molecule has 0 aromatic heterocycles. The Morgan fingerprint density at radius 3 is 2.55 bits per heavy atom. The van der Waals surface area contributed by atoms with Crippen LogP contribution in [0.5, 0.6) is 0 Å². The number of aryl methyl sites for hydroxylation is 1. The Morgan fingerprint density at radius 2 is 1.90 bits per heavy atom. The van der Waals surface area contributed by atoms with E-state index in [0.29, 0.717) is 0 Å². The topological polar surface area (TPSA) is 17.1 Å². The molecule has 0 unspecified atom stereocenters. The summed E-state index contributed by atoms with van der Waals surface area (Å²) in [5.74, 6) is 1.08. The fourth-order valence-electron chi connectivity index (χ4n) is 1.92. The summed E-state index contributed by atoms with van der Waals surface area (Å²) >= 11 is 1.78. The van der Waals surface area contributed by atoms with Crippen LogP contribution in [0.1, 0.15) is 28.4 Å². The number of allylic oxidation sites excluding steroid dienone is 1. The molecule has 0 saturated heterocycles. The predicted molar refractivity (Wildman–Crippen MR) is 87.4 cm³/mol. The molecule has 0 aliphatic heterocycles. The second kappa shape index (κ2) is 7.11. The molecule has 20 heavy (non-hydrogen) atoms. The molecule has 0 atom stereocenters. The van der Waals surface area contributed by atoms with Gasteiger partial charge in [-0.25, -0.2) is 0 Å². The van der Waals surface area contributed by atoms with Gasteiger partial charge in [-0.3, -0.25) is 4.79 Å². The number of carbonyl (C=O) groups is 1. The largest absolute Gasteiger partial charge is 0.289 e. The van der Waals surface area contributed by atoms with E-state index in [1.165, 1.54) is 10.5 Å². The quantitative estimate of drug-likeness (QED) is 0.436. The first-order valence-electron chi connectivity index (χ1n) is 6.71. The van der Waals surface area contributed by atoms with Gasteiger partial charge in [0.2, 0.25) is 0 Å². The van der Waals surface area contributed by atoms with Gasteiger partial charge < -0.3 is 0 Å². The summed E-state index contributed by atoms with van der Waals surface area (Å²) < 4.78 is 0. The van der Waals surface area contributed by atoms with E-state index in [2.05, 4.69) is 13.0 Å². The zero-order chi connectivity index (χ0) is 14.4. The Kier molecular flexibility index (Phi) is 5.19. The van der Waals surface area contributed by atoms with Crippen LogP contribution in [0.15, 0.2) is 59.5 Å². The van der Waals surface area contributed by atoms with Gasteiger partial charge in [0.25, 0.3) is 0 Å². The Morgan fingerprint density at radius 1 is 1.15 bits per heavy atom. The lowest BCUT2D eigenvalue weighted by molar-refractivity contribution is 0.104. The number of benzene rings is 2. The number of thioether (sulfide) groups is 1. The molecule has 0 aliphatic rings. The Hall–Kier alpha value is -1.80. The van der Waals surface area contributed by atoms with E-state index in [4.69, 9.17) is 0 Å². The third kappa shape index (κ3) is 4.10. The van der Waals surface area contributed by atoms with Crippen LogP contribution in [0.2, 0.25) is 0 Å². The highest BCUT2D eigenvalue weighted by molar-refractivity contribution is 7.99. The number of hydrogen-bond donors (Lipinski definition) is 0. The van der Waals surface area contributed by atoms with Crippen LogP contribution in [0, 0.1) is 6.92 Å². The molecule has 0 spiro atoms. The molecule has 2 aromatic carbocycles. The molecule has 0 fully saturated rings. The third-order valence-corrected chi connectivity index (χ3v) is 3.81. The smallest absolute Gasteiger partial charge is 0.185 e. The van der Waals surface area contributed by atoms with Crippen LogP contribution in [-0.2, 0) is 0 Å². The number of ketones is 1. The first kappa shape index (κ1) is 14.6. The standard InChI is InChI=1S/C18H18OS/c1-3-20-17-10-8-16(9-11-17)18(19)12-7-15-6-4-5-14(2)13-15/h4-13H,3H2,1-2H3. The zero-order valence-corrected chi connectivity index (χ0v) is 12.6. The van der Waals surface area contributed by atoms with Gasteiger partial charge in [0.15, 0.2) is 5.78 Å². The molecule has 2 heteroatoms. The van der Waals surface area contributed by atoms with Crippen molar-refractivity contribution >= 4 is 23.6 Å². The molecule has 0 bridgehead atoms. The van der Waals surface area contributed by atoms with Crippen molar-refractivity contribution in [2.24, 2.45) is 0 Å². The number of carbonyl (C=O) groups excluding carboxylic acids is 1. The van der Waals surface area contributed by atoms with Crippen molar-refractivity contribution in [2.75, 3.05) is 5.75 Å². The molecule has 0 amide bonds. The van der Waals surface area contributed by atoms with Gasteiger partial charge in [-0.15, -0.1) is 11.8 Å². The Labute approximate surface area is 124 Å². The van der Waals surface area contributed by atoms with E-state index < -0.39 is 0 Å². The lowest BCUT2D eigenvalue weighted by atomic mass is 10.1. The molecule has 0 aliphatic carbocycles. The lowest BCUT2D eigenvalue weighted by Crippen LogP contribution is -1.93. The average Bonchev–Trinajstić information content (AvgIpc) is 2.46. The van der Waals surface area contributed by atoms with E-state index in [1.807, 2.05) is 55.5 Å². The van der Waals surface area contributed by atoms with Gasteiger partial charge >= 0.3 is 0 Å². The van der Waals surface area contributed by atoms with Gasteiger partial charge in [0.05, 0.1) is 0 Å². The van der Waals surface area contributed by atoms with Crippen LogP contribution < -0.4 is 0 Å². The number of hydrogen-bond acceptors (Lipinski definition) is 2. The monoisotopic (exact) mass is 282 g/mol. The van der Waals surface area contributed by atoms with E-state index in [9.17, 15) is 4.79 Å². The zero-order valence-electron chi connectivity index (χ0n) is 11.8. The molecule has 102 valence electrons. The van der Waals surface area contributed by atoms with E-state index in [1.54, 1.807) is 17.8 Å². The molecular weight excluding hydrogens is 264 g/mol. The number of rotatable bonds is 5. The van der Waals surface area contributed by atoms with Crippen molar-refractivity contribution in [2.45, 2.75) is 18.7 Å². The molecule has 0 N–H and O–H groups in total. The molecule has 0 saturated carbocycles. The Balaban J connectivity index is 2.07. The fraction of sp³-hybridized carbons (Fsp3) is 0.167. The van der Waals surface area contributed by atoms with Crippen LogP contribution >= 0.6 is 11.8 Å². The maximum atomic E-state index is 12.1. The fourth-order valence-corrected chi connectivity index (χ4v) is 2.59. The highest BCUT2D eigenvalue weighted by atomic mass is 32.2. The summed E-state index contributed by atoms with van der Waals surface area (Å²) in [5.41, 5.74) is 2.98. The van der Waals surface area contributed by atoms with Crippen LogP contribution in [0.4, 0.5) is 0 Å². The van der Waals surface area contributed by atoms with Crippen LogP contribution in [0.25, 0.3) is 6.08 Å². The van der Waals surface area contributed by atoms with Crippen molar-refractivity contribution in [3.8, 4) is 0 Å². The maximum absolute atomic E-state index is 12.1. The van der Waals surface area contributed by atoms with Gasteiger partial charge in [-0.1, -0.05) is 42.8 Å². The van der Waals surface area contributed by atoms with Crippen LogP contribution in [-0.4, -0.2) is 11.5 Å². The van der Waals surface area contributed by atoms with E-state index in [-0.39, 0.29) is 5.78 Å². The lowest BCUT2D eigenvalue weighted by Gasteiger charge is -2.00. The van der Waals surface area contributed by atoms with Crippen molar-refractivity contribution in [1.29, 1.82) is 0 Å². The molecule has 2 aromatic rings. The van der Waals surface area contributed by atoms with Crippen molar-refractivity contribution < 1.29 is 4.79 Å². The summed E-state index contributed by atoms with van der Waals surface area (Å²) in [6, 6.07) is 15.9. The third-order valence-electron chi connectivity index (χ3n) is 2.92. The minimum absolute atomic E-state index is 0.0413. The second-order valence-corrected chi connectivity index (χ2v) is 5.91. The van der Waals surface area contributed by atoms with Crippen molar-refractivity contribution in [3.63, 3.8) is 0 Å². The molecule has 0 heterocycles. The summed E-state index contributed by atoms with van der Waals surface area (Å²) in [5, 5.41) is 0. The van der Waals surface area contributed by atoms with Gasteiger partial charge in [0.1, 0.15) is 0 Å². The molecule has 2 rings (SSSR count). The first-order valence-corrected chi connectivity index (χ1v) is 7.69. The minimum atomic E-state index is 0.0413. The van der Waals surface area contributed by atoms with Gasteiger partial charge in [0, 0.05) is 10.5 Å². The van der Waals surface area contributed by atoms with Gasteiger partial charge in [-0.05, 0) is 48.6 Å². The maximum Gasteiger partial charge on any atom is 0.185 e. The summed E-state index contributed by atoms with van der Waals surface area (Å²) in [6.07, 6.45) is 3.50. The second-order valence-electron chi connectivity index (χ2n) is 4.57. The highest BCUT2D eigenvalue weighted by Crippen LogP contribution is 2.18. The summed E-state index contributed by atoms with van der Waals surface area (Å²) in [4.78, 5) is 13.3. The SMILES string of the molecule is CCSc1ccc(C(=O)C=Cc2cccc(C)c2)cc1. The Bertz CT molecular complexity index is 612. The predicted octanol–water partition coefficient (Wildman–Crippen LogP) is 5.00. The van der Waals surface area contributed by atoms with Crippen LogP contribution in [0.3, 0.4) is 0 Å². The first-order chi connectivity index (χ1) is 9.69. The van der Waals surface area contributed by atoms with E-state index >= 15 is 0 Å². The normalized spacial score (nSPS) is 10.9. The van der Waals surface area contributed by atoms with Crippen molar-refractivity contribution in [3.05, 3.63) is 71.3 Å². The average molecular weight is 282 g/mol. The minimum Gasteiger partial charge on any atom is -0.289 e. The van der Waals surface area contributed by atoms with E-state index in [0.717, 1.165) is 16.9 Å². The van der Waals surface area contributed by atoms with Gasteiger partial charge in [-0.2, -0.15) is 0 Å². The highest BCUT2D eigenvalue weighted by Gasteiger charge is 2.01. The molecule has 0 radical (unpaired) electrons. The summed E-state index contributed by atoms with van der Waals surface area (Å²) in [7, 11) is 0. The van der Waals surface area contributed by atoms with Crippen molar-refractivity contribution in [1.82, 2.24) is 0 Å². The molecule has 1 nitrogen and oxygen atoms in total.